The summed E-state index contributed by atoms with van der Waals surface area (Å²) in [5.41, 5.74) is 2.65. The summed E-state index contributed by atoms with van der Waals surface area (Å²) in [6.07, 6.45) is 0. The number of nitrogens with one attached hydrogen (secondary N) is 1. The Labute approximate surface area is 197 Å². The number of amides is 1. The second kappa shape index (κ2) is 8.83. The molecule has 0 aliphatic rings. The maximum Gasteiger partial charge on any atom is 0.328 e. The van der Waals surface area contributed by atoms with Gasteiger partial charge in [0.05, 0.1) is 26.5 Å². The van der Waals surface area contributed by atoms with E-state index in [9.17, 15) is 18.0 Å². The van der Waals surface area contributed by atoms with Crippen molar-refractivity contribution in [3.63, 3.8) is 0 Å². The molecule has 3 aromatic carbocycles. The fraction of sp³-hybridized carbons (Fsp3) is 0.200. The highest BCUT2D eigenvalue weighted by molar-refractivity contribution is 7.91. The molecular formula is C25H25N3O5S. The lowest BCUT2D eigenvalue weighted by atomic mass is 10.1. The molecule has 1 N–H and O–H groups in total. The van der Waals surface area contributed by atoms with Gasteiger partial charge in [-0.15, -0.1) is 0 Å². The number of sulfone groups is 1. The Balaban J connectivity index is 1.75. The first-order chi connectivity index (χ1) is 16.1. The van der Waals surface area contributed by atoms with E-state index in [2.05, 4.69) is 5.32 Å². The molecular weight excluding hydrogens is 454 g/mol. The molecule has 1 heterocycles. The molecule has 176 valence electrons. The number of imidazole rings is 1. The third-order valence-electron chi connectivity index (χ3n) is 5.90. The van der Waals surface area contributed by atoms with Gasteiger partial charge in [-0.1, -0.05) is 30.3 Å². The summed E-state index contributed by atoms with van der Waals surface area (Å²) in [5.74, 6) is 0.0545. The molecule has 1 amide bonds. The first-order valence-electron chi connectivity index (χ1n) is 10.6. The summed E-state index contributed by atoms with van der Waals surface area (Å²) in [6, 6.07) is 16.4. The number of rotatable bonds is 6. The molecule has 0 spiro atoms. The van der Waals surface area contributed by atoms with Crippen LogP contribution in [0.25, 0.3) is 11.0 Å². The van der Waals surface area contributed by atoms with E-state index >= 15 is 0 Å². The molecule has 9 heteroatoms. The average Bonchev–Trinajstić information content (AvgIpc) is 3.03. The van der Waals surface area contributed by atoms with Crippen LogP contribution in [0.4, 0.5) is 5.69 Å². The summed E-state index contributed by atoms with van der Waals surface area (Å²) in [7, 11) is -0.829. The van der Waals surface area contributed by atoms with Crippen LogP contribution in [0.15, 0.2) is 75.2 Å². The predicted molar refractivity (Wildman–Crippen MR) is 130 cm³/mol. The second-order valence-electron chi connectivity index (χ2n) is 8.09. The highest BCUT2D eigenvalue weighted by Gasteiger charge is 2.25. The number of nitrogens with zero attached hydrogens (tertiary/aromatic N) is 2. The zero-order valence-corrected chi connectivity index (χ0v) is 20.1. The van der Waals surface area contributed by atoms with Crippen molar-refractivity contribution in [3.8, 4) is 5.75 Å². The van der Waals surface area contributed by atoms with Gasteiger partial charge in [0.25, 0.3) is 5.91 Å². The van der Waals surface area contributed by atoms with Crippen LogP contribution in [0.2, 0.25) is 0 Å². The van der Waals surface area contributed by atoms with Crippen LogP contribution in [0.5, 0.6) is 5.75 Å². The Kier molecular flexibility index (Phi) is 6.05. The number of ether oxygens (including phenoxy) is 1. The van der Waals surface area contributed by atoms with Crippen LogP contribution < -0.4 is 15.7 Å². The van der Waals surface area contributed by atoms with Crippen molar-refractivity contribution in [1.29, 1.82) is 0 Å². The summed E-state index contributed by atoms with van der Waals surface area (Å²) >= 11 is 0. The molecule has 0 unspecified atom stereocenters. The summed E-state index contributed by atoms with van der Waals surface area (Å²) in [5, 5.41) is 2.67. The lowest BCUT2D eigenvalue weighted by Gasteiger charge is -2.14. The van der Waals surface area contributed by atoms with E-state index in [1.807, 2.05) is 26.0 Å². The van der Waals surface area contributed by atoms with Crippen LogP contribution in [0.3, 0.4) is 0 Å². The van der Waals surface area contributed by atoms with E-state index in [0.717, 1.165) is 11.1 Å². The Morgan fingerprint density at radius 1 is 0.941 bits per heavy atom. The maximum absolute atomic E-state index is 13.5. The molecule has 0 radical (unpaired) electrons. The molecule has 0 atom stereocenters. The Bertz CT molecular complexity index is 1570. The van der Waals surface area contributed by atoms with Crippen molar-refractivity contribution in [1.82, 2.24) is 9.13 Å². The van der Waals surface area contributed by atoms with E-state index in [0.29, 0.717) is 16.8 Å². The molecule has 8 nitrogen and oxygen atoms in total. The smallest absolute Gasteiger partial charge is 0.328 e. The van der Waals surface area contributed by atoms with Gasteiger partial charge in [0.15, 0.2) is 6.61 Å². The van der Waals surface area contributed by atoms with Gasteiger partial charge in [-0.2, -0.15) is 0 Å². The number of carbonyl (C=O) groups excluding carboxylic acids is 1. The third kappa shape index (κ3) is 4.10. The Morgan fingerprint density at radius 3 is 2.26 bits per heavy atom. The van der Waals surface area contributed by atoms with Crippen molar-refractivity contribution in [2.24, 2.45) is 14.1 Å². The van der Waals surface area contributed by atoms with Crippen LogP contribution in [0, 0.1) is 13.8 Å². The van der Waals surface area contributed by atoms with E-state index in [1.165, 1.54) is 33.4 Å². The topological polar surface area (TPSA) is 99.4 Å². The quantitative estimate of drug-likeness (QED) is 0.457. The van der Waals surface area contributed by atoms with Crippen LogP contribution >= 0.6 is 0 Å². The number of anilines is 1. The zero-order valence-electron chi connectivity index (χ0n) is 19.3. The van der Waals surface area contributed by atoms with Crippen LogP contribution in [-0.2, 0) is 28.7 Å². The Hall–Kier alpha value is -3.85. The largest absolute Gasteiger partial charge is 0.483 e. The molecule has 1 aromatic heterocycles. The molecule has 0 aliphatic heterocycles. The monoisotopic (exact) mass is 479 g/mol. The second-order valence-corrected chi connectivity index (χ2v) is 10.0. The number of hydrogen-bond acceptors (Lipinski definition) is 5. The molecule has 0 saturated carbocycles. The van der Waals surface area contributed by atoms with Gasteiger partial charge in [0, 0.05) is 14.1 Å². The summed E-state index contributed by atoms with van der Waals surface area (Å²) in [6.45, 7) is 3.54. The van der Waals surface area contributed by atoms with E-state index in [-0.39, 0.29) is 27.8 Å². The minimum absolute atomic E-state index is 0.0760. The SMILES string of the molecule is Cc1cccc(OCC(=O)Nc2cc3c(cc2S(=O)(=O)c2ccccc2)n(C)c(=O)n3C)c1C. The standard InChI is InChI=1S/C25H25N3O5S/c1-16-9-8-12-22(17(16)2)33-15-24(29)26-19-13-20-21(28(4)25(30)27(20)3)14-23(19)34(31,32)18-10-6-5-7-11-18/h5-14H,15H2,1-4H3,(H,26,29). The highest BCUT2D eigenvalue weighted by atomic mass is 32.2. The first kappa shape index (κ1) is 23.3. The molecule has 0 saturated heterocycles. The molecule has 4 rings (SSSR count). The predicted octanol–water partition coefficient (Wildman–Crippen LogP) is 3.34. The fourth-order valence-electron chi connectivity index (χ4n) is 3.78. The number of aromatic nitrogens is 2. The molecule has 4 aromatic rings. The van der Waals surface area contributed by atoms with Gasteiger partial charge in [0.2, 0.25) is 9.84 Å². The van der Waals surface area contributed by atoms with E-state index in [4.69, 9.17) is 4.74 Å². The fourth-order valence-corrected chi connectivity index (χ4v) is 5.22. The van der Waals surface area contributed by atoms with Gasteiger partial charge < -0.3 is 10.1 Å². The van der Waals surface area contributed by atoms with Gasteiger partial charge >= 0.3 is 5.69 Å². The number of aryl methyl sites for hydroxylation is 3. The summed E-state index contributed by atoms with van der Waals surface area (Å²) < 4.78 is 35.4. The van der Waals surface area contributed by atoms with Crippen molar-refractivity contribution >= 4 is 32.5 Å². The van der Waals surface area contributed by atoms with Crippen LogP contribution in [0.1, 0.15) is 11.1 Å². The van der Waals surface area contributed by atoms with Gasteiger partial charge in [0.1, 0.15) is 5.75 Å². The number of fused-ring (bicyclic) bond motifs is 1. The lowest BCUT2D eigenvalue weighted by Crippen LogP contribution is -2.22. The number of carbonyl (C=O) groups is 1. The minimum Gasteiger partial charge on any atom is -0.483 e. The van der Waals surface area contributed by atoms with Gasteiger partial charge in [-0.3, -0.25) is 13.9 Å². The first-order valence-corrected chi connectivity index (χ1v) is 12.1. The zero-order chi connectivity index (χ0) is 24.6. The molecule has 0 aliphatic carbocycles. The van der Waals surface area contributed by atoms with E-state index < -0.39 is 15.7 Å². The normalized spacial score (nSPS) is 11.5. The number of benzene rings is 3. The van der Waals surface area contributed by atoms with Gasteiger partial charge in [-0.05, 0) is 55.3 Å². The van der Waals surface area contributed by atoms with Crippen LogP contribution in [-0.4, -0.2) is 30.1 Å². The van der Waals surface area contributed by atoms with Crippen molar-refractivity contribution in [2.45, 2.75) is 23.6 Å². The lowest BCUT2D eigenvalue weighted by molar-refractivity contribution is -0.118. The van der Waals surface area contributed by atoms with Crippen molar-refractivity contribution < 1.29 is 17.9 Å². The van der Waals surface area contributed by atoms with E-state index in [1.54, 1.807) is 38.4 Å². The van der Waals surface area contributed by atoms with Crippen molar-refractivity contribution in [3.05, 3.63) is 82.3 Å². The molecule has 0 fully saturated rings. The molecule has 0 bridgehead atoms. The molecule has 34 heavy (non-hydrogen) atoms. The third-order valence-corrected chi connectivity index (χ3v) is 7.71. The van der Waals surface area contributed by atoms with Gasteiger partial charge in [-0.25, -0.2) is 13.2 Å². The number of hydrogen-bond donors (Lipinski definition) is 1. The maximum atomic E-state index is 13.5. The minimum atomic E-state index is -3.99. The summed E-state index contributed by atoms with van der Waals surface area (Å²) in [4.78, 5) is 25.2. The highest BCUT2D eigenvalue weighted by Crippen LogP contribution is 2.32. The Morgan fingerprint density at radius 2 is 1.59 bits per heavy atom. The average molecular weight is 480 g/mol. The van der Waals surface area contributed by atoms with Crippen molar-refractivity contribution in [2.75, 3.05) is 11.9 Å².